The van der Waals surface area contributed by atoms with Crippen LogP contribution in [0.1, 0.15) is 32.8 Å². The Balaban J connectivity index is 1.71. The first-order valence-electron chi connectivity index (χ1n) is 11.1. The van der Waals surface area contributed by atoms with E-state index in [-0.39, 0.29) is 17.6 Å². The maximum atomic E-state index is 12.9. The third-order valence-corrected chi connectivity index (χ3v) is 6.56. The number of amides is 3. The molecular weight excluding hydrogens is 536 g/mol. The molecule has 1 heterocycles. The van der Waals surface area contributed by atoms with Crippen LogP contribution in [0.2, 0.25) is 0 Å². The number of benzene rings is 2. The van der Waals surface area contributed by atoms with Crippen molar-refractivity contribution in [1.82, 2.24) is 4.90 Å². The topological polar surface area (TPSA) is 94.2 Å². The summed E-state index contributed by atoms with van der Waals surface area (Å²) in [7, 11) is 1.53. The van der Waals surface area contributed by atoms with Crippen LogP contribution in [0.5, 0.6) is 17.2 Å². The maximum absolute atomic E-state index is 12.9. The van der Waals surface area contributed by atoms with Gasteiger partial charge in [0.15, 0.2) is 11.5 Å². The molecule has 8 nitrogen and oxygen atoms in total. The van der Waals surface area contributed by atoms with Gasteiger partial charge in [-0.3, -0.25) is 19.3 Å². The standard InChI is InChI=1S/C25H27BrN2O6S/c1-5-15(3)34-23-19(26)11-16(12-20(23)32-4)13-21-24(30)28(25(31)35-21)14-22(29)27-17-7-9-18(10-8-17)33-6-2/h7-13,15H,5-6,14H2,1-4H3,(H,27,29)/b21-13+/t15-/m1/s1. The highest BCUT2D eigenvalue weighted by Crippen LogP contribution is 2.39. The summed E-state index contributed by atoms with van der Waals surface area (Å²) < 4.78 is 17.4. The second-order valence-corrected chi connectivity index (χ2v) is 9.49. The van der Waals surface area contributed by atoms with Gasteiger partial charge in [0.2, 0.25) is 5.91 Å². The molecule has 1 atom stereocenters. The molecule has 186 valence electrons. The highest BCUT2D eigenvalue weighted by atomic mass is 79.9. The first-order valence-corrected chi connectivity index (χ1v) is 12.7. The van der Waals surface area contributed by atoms with Crippen LogP contribution in [-0.2, 0) is 9.59 Å². The van der Waals surface area contributed by atoms with E-state index in [0.717, 1.165) is 23.1 Å². The zero-order chi connectivity index (χ0) is 25.5. The second kappa shape index (κ2) is 12.1. The predicted molar refractivity (Wildman–Crippen MR) is 140 cm³/mol. The summed E-state index contributed by atoms with van der Waals surface area (Å²) in [5, 5.41) is 2.18. The molecule has 0 radical (unpaired) electrons. The van der Waals surface area contributed by atoms with Gasteiger partial charge < -0.3 is 19.5 Å². The van der Waals surface area contributed by atoms with Gasteiger partial charge in [0, 0.05) is 5.69 Å². The lowest BCUT2D eigenvalue weighted by molar-refractivity contribution is -0.127. The molecule has 2 aromatic rings. The molecule has 3 rings (SSSR count). The van der Waals surface area contributed by atoms with Crippen LogP contribution in [0, 0.1) is 0 Å². The Kier molecular flexibility index (Phi) is 9.22. The van der Waals surface area contributed by atoms with Crippen molar-refractivity contribution in [1.29, 1.82) is 0 Å². The van der Waals surface area contributed by atoms with Crippen molar-refractivity contribution in [2.45, 2.75) is 33.3 Å². The van der Waals surface area contributed by atoms with Gasteiger partial charge in [0.25, 0.3) is 11.1 Å². The van der Waals surface area contributed by atoms with Gasteiger partial charge in [0.1, 0.15) is 12.3 Å². The van der Waals surface area contributed by atoms with Crippen LogP contribution >= 0.6 is 27.7 Å². The smallest absolute Gasteiger partial charge is 0.294 e. The minimum Gasteiger partial charge on any atom is -0.494 e. The van der Waals surface area contributed by atoms with Crippen LogP contribution < -0.4 is 19.5 Å². The quantitative estimate of drug-likeness (QED) is 0.370. The largest absolute Gasteiger partial charge is 0.494 e. The van der Waals surface area contributed by atoms with E-state index in [1.54, 1.807) is 42.5 Å². The average Bonchev–Trinajstić information content (AvgIpc) is 3.09. The van der Waals surface area contributed by atoms with Crippen LogP contribution in [0.15, 0.2) is 45.8 Å². The molecule has 10 heteroatoms. The van der Waals surface area contributed by atoms with Crippen molar-refractivity contribution in [2.75, 3.05) is 25.6 Å². The number of imide groups is 1. The minimum atomic E-state index is -0.531. The number of nitrogens with one attached hydrogen (secondary N) is 1. The molecule has 1 aliphatic rings. The Morgan fingerprint density at radius 3 is 2.54 bits per heavy atom. The van der Waals surface area contributed by atoms with Crippen molar-refractivity contribution in [3.05, 3.63) is 51.3 Å². The van der Waals surface area contributed by atoms with Gasteiger partial charge in [-0.2, -0.15) is 0 Å². The zero-order valence-electron chi connectivity index (χ0n) is 19.9. The fourth-order valence-corrected chi connectivity index (χ4v) is 4.55. The van der Waals surface area contributed by atoms with Crippen molar-refractivity contribution in [3.8, 4) is 17.2 Å². The Labute approximate surface area is 217 Å². The molecular formula is C25H27BrN2O6S. The molecule has 0 bridgehead atoms. The zero-order valence-corrected chi connectivity index (χ0v) is 22.3. The molecule has 3 amide bonds. The van der Waals surface area contributed by atoms with E-state index >= 15 is 0 Å². The molecule has 0 unspecified atom stereocenters. The Morgan fingerprint density at radius 1 is 1.20 bits per heavy atom. The minimum absolute atomic E-state index is 0.00342. The van der Waals surface area contributed by atoms with Crippen molar-refractivity contribution < 1.29 is 28.6 Å². The number of anilines is 1. The number of carbonyl (C=O) groups excluding carboxylic acids is 3. The van der Waals surface area contributed by atoms with Crippen LogP contribution in [-0.4, -0.2) is 48.3 Å². The Morgan fingerprint density at radius 2 is 1.91 bits per heavy atom. The Hall–Kier alpha value is -2.98. The van der Waals surface area contributed by atoms with Gasteiger partial charge in [-0.15, -0.1) is 0 Å². The molecule has 0 saturated carbocycles. The number of carbonyl (C=O) groups is 3. The van der Waals surface area contributed by atoms with E-state index in [1.165, 1.54) is 7.11 Å². The monoisotopic (exact) mass is 562 g/mol. The number of hydrogen-bond donors (Lipinski definition) is 1. The molecule has 1 saturated heterocycles. The van der Waals surface area contributed by atoms with Gasteiger partial charge >= 0.3 is 0 Å². The first-order chi connectivity index (χ1) is 16.7. The van der Waals surface area contributed by atoms with E-state index in [9.17, 15) is 14.4 Å². The molecule has 0 aliphatic carbocycles. The highest BCUT2D eigenvalue weighted by molar-refractivity contribution is 9.10. The van der Waals surface area contributed by atoms with Crippen LogP contribution in [0.3, 0.4) is 0 Å². The summed E-state index contributed by atoms with van der Waals surface area (Å²) in [4.78, 5) is 38.9. The van der Waals surface area contributed by atoms with E-state index < -0.39 is 17.1 Å². The highest BCUT2D eigenvalue weighted by Gasteiger charge is 2.36. The fourth-order valence-electron chi connectivity index (χ4n) is 3.15. The predicted octanol–water partition coefficient (Wildman–Crippen LogP) is 5.71. The molecule has 1 fully saturated rings. The van der Waals surface area contributed by atoms with Gasteiger partial charge in [-0.05, 0) is 96.0 Å². The molecule has 0 spiro atoms. The molecule has 0 aromatic heterocycles. The van der Waals surface area contributed by atoms with Crippen molar-refractivity contribution in [2.24, 2.45) is 0 Å². The molecule has 35 heavy (non-hydrogen) atoms. The van der Waals surface area contributed by atoms with Crippen LogP contribution in [0.4, 0.5) is 10.5 Å². The van der Waals surface area contributed by atoms with E-state index in [4.69, 9.17) is 14.2 Å². The summed E-state index contributed by atoms with van der Waals surface area (Å²) in [6.07, 6.45) is 2.42. The Bertz CT molecular complexity index is 1140. The summed E-state index contributed by atoms with van der Waals surface area (Å²) in [6, 6.07) is 10.4. The van der Waals surface area contributed by atoms with Crippen molar-refractivity contribution >= 4 is 56.5 Å². The summed E-state index contributed by atoms with van der Waals surface area (Å²) in [5.74, 6) is 0.743. The van der Waals surface area contributed by atoms with Gasteiger partial charge in [-0.25, -0.2) is 0 Å². The molecule has 1 N–H and O–H groups in total. The number of methoxy groups -OCH3 is 1. The number of hydrogen-bond acceptors (Lipinski definition) is 7. The van der Waals surface area contributed by atoms with E-state index in [1.807, 2.05) is 20.8 Å². The summed E-state index contributed by atoms with van der Waals surface area (Å²) in [5.41, 5.74) is 1.19. The van der Waals surface area contributed by atoms with E-state index in [0.29, 0.717) is 39.6 Å². The average molecular weight is 563 g/mol. The van der Waals surface area contributed by atoms with E-state index in [2.05, 4.69) is 21.2 Å². The second-order valence-electron chi connectivity index (χ2n) is 7.64. The summed E-state index contributed by atoms with van der Waals surface area (Å²) in [6.45, 7) is 6.02. The lowest BCUT2D eigenvalue weighted by atomic mass is 10.1. The maximum Gasteiger partial charge on any atom is 0.294 e. The molecule has 1 aliphatic heterocycles. The summed E-state index contributed by atoms with van der Waals surface area (Å²) >= 11 is 4.28. The number of thioether (sulfide) groups is 1. The number of halogens is 1. The SMILES string of the molecule is CCOc1ccc(NC(=O)CN2C(=O)S/C(=C/c3cc(Br)c(O[C@H](C)CC)c(OC)c3)C2=O)cc1. The van der Waals surface area contributed by atoms with Gasteiger partial charge in [-0.1, -0.05) is 6.92 Å². The molecule has 2 aromatic carbocycles. The first kappa shape index (κ1) is 26.6. The van der Waals surface area contributed by atoms with Crippen molar-refractivity contribution in [3.63, 3.8) is 0 Å². The third kappa shape index (κ3) is 6.79. The number of rotatable bonds is 10. The lowest BCUT2D eigenvalue weighted by Gasteiger charge is -2.17. The fraction of sp³-hybridized carbons (Fsp3) is 0.320. The van der Waals surface area contributed by atoms with Crippen LogP contribution in [0.25, 0.3) is 6.08 Å². The normalized spacial score (nSPS) is 15.3. The third-order valence-electron chi connectivity index (χ3n) is 5.07. The number of nitrogens with zero attached hydrogens (tertiary/aromatic N) is 1. The van der Waals surface area contributed by atoms with Gasteiger partial charge in [0.05, 0.1) is 29.2 Å². The lowest BCUT2D eigenvalue weighted by Crippen LogP contribution is -2.36. The number of ether oxygens (including phenoxy) is 3.